The lowest BCUT2D eigenvalue weighted by atomic mass is 10.1. The molecule has 0 atom stereocenters. The molecule has 0 aliphatic heterocycles. The second-order valence-corrected chi connectivity index (χ2v) is 6.40. The number of amides is 1. The summed E-state index contributed by atoms with van der Waals surface area (Å²) in [4.78, 5) is 16.4. The normalized spacial score (nSPS) is 10.5. The van der Waals surface area contributed by atoms with Crippen molar-refractivity contribution in [1.29, 1.82) is 0 Å². The Morgan fingerprint density at radius 3 is 2.81 bits per heavy atom. The average molecular weight is 377 g/mol. The van der Waals surface area contributed by atoms with Crippen molar-refractivity contribution >= 4 is 28.2 Å². The predicted molar refractivity (Wildman–Crippen MR) is 103 cm³/mol. The van der Waals surface area contributed by atoms with Crippen LogP contribution in [-0.2, 0) is 6.54 Å². The molecule has 0 radical (unpaired) electrons. The van der Waals surface area contributed by atoms with Crippen LogP contribution in [0.25, 0.3) is 5.69 Å². The summed E-state index contributed by atoms with van der Waals surface area (Å²) in [6, 6.07) is 13.4. The minimum absolute atomic E-state index is 0.269. The zero-order valence-electron chi connectivity index (χ0n) is 14.1. The number of hydrogen-bond acceptors (Lipinski definition) is 7. The number of carbonyl (C=O) groups excluding carboxylic acids is 1. The molecule has 1 aromatic carbocycles. The Morgan fingerprint density at radius 2 is 2.07 bits per heavy atom. The van der Waals surface area contributed by atoms with E-state index in [-0.39, 0.29) is 5.91 Å². The molecule has 0 fully saturated rings. The summed E-state index contributed by atoms with van der Waals surface area (Å²) in [5, 5.41) is 18.2. The van der Waals surface area contributed by atoms with Crippen molar-refractivity contribution in [2.45, 2.75) is 6.54 Å². The van der Waals surface area contributed by atoms with Crippen molar-refractivity contribution in [3.63, 3.8) is 0 Å². The Morgan fingerprint density at radius 1 is 1.15 bits per heavy atom. The first kappa shape index (κ1) is 16.9. The lowest BCUT2D eigenvalue weighted by Crippen LogP contribution is -2.12. The highest BCUT2D eigenvalue weighted by Gasteiger charge is 2.09. The third-order valence-electron chi connectivity index (χ3n) is 3.81. The molecule has 0 saturated heterocycles. The quantitative estimate of drug-likeness (QED) is 0.536. The molecule has 3 heterocycles. The molecule has 0 spiro atoms. The molecule has 3 aromatic heterocycles. The van der Waals surface area contributed by atoms with E-state index in [2.05, 4.69) is 30.9 Å². The van der Waals surface area contributed by atoms with E-state index in [0.717, 1.165) is 11.3 Å². The number of pyridine rings is 1. The van der Waals surface area contributed by atoms with Crippen LogP contribution in [0.2, 0.25) is 0 Å². The van der Waals surface area contributed by atoms with Crippen LogP contribution in [0.1, 0.15) is 15.9 Å². The van der Waals surface area contributed by atoms with Crippen molar-refractivity contribution in [1.82, 2.24) is 25.0 Å². The van der Waals surface area contributed by atoms with Gasteiger partial charge in [-0.1, -0.05) is 29.5 Å². The van der Waals surface area contributed by atoms with Gasteiger partial charge in [-0.15, -0.1) is 10.2 Å². The van der Waals surface area contributed by atoms with Crippen LogP contribution in [-0.4, -0.2) is 30.9 Å². The molecule has 27 heavy (non-hydrogen) atoms. The smallest absolute Gasteiger partial charge is 0.259 e. The minimum Gasteiger partial charge on any atom is -0.366 e. The Labute approximate surface area is 158 Å². The van der Waals surface area contributed by atoms with Crippen LogP contribution in [0.15, 0.2) is 66.6 Å². The predicted octanol–water partition coefficient (Wildman–Crippen LogP) is 2.98. The van der Waals surface area contributed by atoms with Crippen molar-refractivity contribution in [2.24, 2.45) is 0 Å². The van der Waals surface area contributed by atoms with E-state index in [0.29, 0.717) is 23.1 Å². The fraction of sp³-hybridized carbons (Fsp3) is 0.0556. The Bertz CT molecular complexity index is 1010. The largest absolute Gasteiger partial charge is 0.366 e. The number of para-hydroxylation sites is 1. The van der Waals surface area contributed by atoms with Gasteiger partial charge in [0.25, 0.3) is 5.91 Å². The number of aromatic nitrogens is 5. The van der Waals surface area contributed by atoms with Gasteiger partial charge in [0.2, 0.25) is 5.13 Å². The van der Waals surface area contributed by atoms with Gasteiger partial charge in [0.05, 0.1) is 11.3 Å². The Kier molecular flexibility index (Phi) is 4.84. The lowest BCUT2D eigenvalue weighted by Gasteiger charge is -2.11. The molecule has 8 nitrogen and oxygen atoms in total. The summed E-state index contributed by atoms with van der Waals surface area (Å²) in [6.45, 7) is 0.583. The number of benzene rings is 1. The monoisotopic (exact) mass is 377 g/mol. The van der Waals surface area contributed by atoms with E-state index in [1.165, 1.54) is 17.5 Å². The molecule has 0 aliphatic rings. The number of carbonyl (C=O) groups is 1. The summed E-state index contributed by atoms with van der Waals surface area (Å²) in [5.41, 5.74) is 4.10. The van der Waals surface area contributed by atoms with Gasteiger partial charge >= 0.3 is 0 Å². The van der Waals surface area contributed by atoms with Crippen molar-refractivity contribution in [2.75, 3.05) is 10.6 Å². The van der Waals surface area contributed by atoms with Crippen LogP contribution in [0, 0.1) is 0 Å². The number of anilines is 2. The van der Waals surface area contributed by atoms with Gasteiger partial charge in [0.1, 0.15) is 11.3 Å². The summed E-state index contributed by atoms with van der Waals surface area (Å²) in [5.74, 6) is 0.410. The highest BCUT2D eigenvalue weighted by atomic mass is 32.1. The molecular weight excluding hydrogens is 362 g/mol. The lowest BCUT2D eigenvalue weighted by molar-refractivity contribution is 0.102. The van der Waals surface area contributed by atoms with E-state index in [1.807, 2.05) is 41.2 Å². The molecule has 0 saturated carbocycles. The first-order valence-electron chi connectivity index (χ1n) is 8.15. The van der Waals surface area contributed by atoms with Crippen molar-refractivity contribution in [3.05, 3.63) is 77.7 Å². The summed E-state index contributed by atoms with van der Waals surface area (Å²) >= 11 is 1.26. The second kappa shape index (κ2) is 7.75. The number of rotatable bonds is 6. The van der Waals surface area contributed by atoms with Gasteiger partial charge in [0.15, 0.2) is 0 Å². The SMILES string of the molecule is O=C(Nc1nncs1)c1ccc(NCc2ccccc2-n2cccn2)nc1. The number of nitrogens with one attached hydrogen (secondary N) is 2. The average Bonchev–Trinajstić information content (AvgIpc) is 3.41. The molecule has 134 valence electrons. The zero-order chi connectivity index (χ0) is 18.5. The van der Waals surface area contributed by atoms with Gasteiger partial charge < -0.3 is 5.32 Å². The molecule has 4 aromatic rings. The molecule has 0 unspecified atom stereocenters. The van der Waals surface area contributed by atoms with E-state index < -0.39 is 0 Å². The van der Waals surface area contributed by atoms with Crippen LogP contribution < -0.4 is 10.6 Å². The fourth-order valence-corrected chi connectivity index (χ4v) is 2.95. The number of nitrogens with zero attached hydrogens (tertiary/aromatic N) is 5. The highest BCUT2D eigenvalue weighted by molar-refractivity contribution is 7.13. The molecule has 0 aliphatic carbocycles. The first-order valence-corrected chi connectivity index (χ1v) is 9.03. The zero-order valence-corrected chi connectivity index (χ0v) is 14.9. The number of hydrogen-bond donors (Lipinski definition) is 2. The van der Waals surface area contributed by atoms with Crippen LogP contribution in [0.4, 0.5) is 10.9 Å². The summed E-state index contributed by atoms with van der Waals surface area (Å²) < 4.78 is 1.82. The maximum Gasteiger partial charge on any atom is 0.259 e. The third kappa shape index (κ3) is 3.98. The van der Waals surface area contributed by atoms with E-state index in [9.17, 15) is 4.79 Å². The molecular formula is C18H15N7OS. The van der Waals surface area contributed by atoms with Crippen molar-refractivity contribution < 1.29 is 4.79 Å². The molecule has 1 amide bonds. The molecule has 4 rings (SSSR count). The fourth-order valence-electron chi connectivity index (χ4n) is 2.51. The first-order chi connectivity index (χ1) is 13.3. The van der Waals surface area contributed by atoms with Crippen LogP contribution >= 0.6 is 11.3 Å². The molecule has 2 N–H and O–H groups in total. The Balaban J connectivity index is 1.42. The topological polar surface area (TPSA) is 97.6 Å². The summed E-state index contributed by atoms with van der Waals surface area (Å²) in [6.07, 6.45) is 5.18. The minimum atomic E-state index is -0.269. The molecule has 0 bridgehead atoms. The van der Waals surface area contributed by atoms with E-state index in [4.69, 9.17) is 0 Å². The summed E-state index contributed by atoms with van der Waals surface area (Å²) in [7, 11) is 0. The Hall–Kier alpha value is -3.59. The van der Waals surface area contributed by atoms with Gasteiger partial charge in [-0.3, -0.25) is 10.1 Å². The van der Waals surface area contributed by atoms with E-state index >= 15 is 0 Å². The second-order valence-electron chi connectivity index (χ2n) is 5.56. The highest BCUT2D eigenvalue weighted by Crippen LogP contribution is 2.16. The molecule has 9 heteroatoms. The van der Waals surface area contributed by atoms with Gasteiger partial charge in [0, 0.05) is 25.1 Å². The van der Waals surface area contributed by atoms with Crippen LogP contribution in [0.3, 0.4) is 0 Å². The van der Waals surface area contributed by atoms with E-state index in [1.54, 1.807) is 23.8 Å². The standard InChI is InChI=1S/C18H15N7OS/c26-17(23-18-24-21-12-27-18)14-6-7-16(20-11-14)19-10-13-4-1-2-5-15(13)25-9-3-8-22-25/h1-9,11-12H,10H2,(H,19,20)(H,23,24,26). The van der Waals surface area contributed by atoms with Crippen molar-refractivity contribution in [3.8, 4) is 5.69 Å². The van der Waals surface area contributed by atoms with Crippen LogP contribution in [0.5, 0.6) is 0 Å². The van der Waals surface area contributed by atoms with Gasteiger partial charge in [-0.2, -0.15) is 5.10 Å². The maximum absolute atomic E-state index is 12.1. The van der Waals surface area contributed by atoms with Gasteiger partial charge in [-0.25, -0.2) is 9.67 Å². The maximum atomic E-state index is 12.1. The van der Waals surface area contributed by atoms with Gasteiger partial charge in [-0.05, 0) is 29.8 Å². The third-order valence-corrected chi connectivity index (χ3v) is 4.42.